The number of benzene rings is 9. The monoisotopic (exact) mass is 676 g/mol. The Morgan fingerprint density at radius 2 is 1.04 bits per heavy atom. The van der Waals surface area contributed by atoms with E-state index in [0.717, 1.165) is 50.2 Å². The van der Waals surface area contributed by atoms with Crippen LogP contribution in [0.3, 0.4) is 0 Å². The van der Waals surface area contributed by atoms with E-state index in [-0.39, 0.29) is 0 Å². The van der Waals surface area contributed by atoms with Gasteiger partial charge >= 0.3 is 0 Å². The summed E-state index contributed by atoms with van der Waals surface area (Å²) in [5, 5.41) is 9.47. The number of nitrogens with zero attached hydrogens (tertiary/aromatic N) is 2. The lowest BCUT2D eigenvalue weighted by Gasteiger charge is -2.27. The summed E-state index contributed by atoms with van der Waals surface area (Å²) in [7, 11) is 0. The summed E-state index contributed by atoms with van der Waals surface area (Å²) >= 11 is 0. The highest BCUT2D eigenvalue weighted by Crippen LogP contribution is 2.48. The van der Waals surface area contributed by atoms with Crippen molar-refractivity contribution in [3.8, 4) is 16.8 Å². The van der Waals surface area contributed by atoms with E-state index >= 15 is 0 Å². The molecule has 9 aromatic carbocycles. The van der Waals surface area contributed by atoms with E-state index in [0.29, 0.717) is 0 Å². The van der Waals surface area contributed by atoms with E-state index in [1.807, 2.05) is 0 Å². The second-order valence-electron chi connectivity index (χ2n) is 13.7. The Morgan fingerprint density at radius 3 is 1.85 bits per heavy atom. The van der Waals surface area contributed by atoms with Gasteiger partial charge in [0.05, 0.1) is 22.4 Å². The first kappa shape index (κ1) is 29.6. The van der Waals surface area contributed by atoms with Gasteiger partial charge in [0.15, 0.2) is 5.58 Å². The molecule has 0 aliphatic heterocycles. The molecule has 0 radical (unpaired) electrons. The highest BCUT2D eigenvalue weighted by atomic mass is 16.3. The summed E-state index contributed by atoms with van der Waals surface area (Å²) in [6.45, 7) is 0. The van der Waals surface area contributed by atoms with Crippen molar-refractivity contribution in [1.82, 2.24) is 4.57 Å². The first-order valence-electron chi connectivity index (χ1n) is 18.1. The highest BCUT2D eigenvalue weighted by Gasteiger charge is 2.24. The SMILES string of the molecule is c1ccc(-c2ccc(N(c3cc4ccccc4c4ccccc34)c3cccc4c3oc3ccc5c(c6ccccc6n5-c5ccccc5)c34)cc2)cc1. The highest BCUT2D eigenvalue weighted by molar-refractivity contribution is 6.28. The average Bonchev–Trinajstić information content (AvgIpc) is 3.78. The smallest absolute Gasteiger partial charge is 0.159 e. The van der Waals surface area contributed by atoms with Crippen molar-refractivity contribution >= 4 is 82.4 Å². The van der Waals surface area contributed by atoms with Crippen LogP contribution in [0.25, 0.3) is 82.1 Å². The second kappa shape index (κ2) is 11.7. The molecule has 0 N–H and O–H groups in total. The molecular formula is C50H32N2O. The summed E-state index contributed by atoms with van der Waals surface area (Å²) in [6.07, 6.45) is 0. The lowest BCUT2D eigenvalue weighted by atomic mass is 9.98. The molecule has 2 aromatic heterocycles. The van der Waals surface area contributed by atoms with Crippen LogP contribution in [0.5, 0.6) is 0 Å². The number of rotatable bonds is 5. The van der Waals surface area contributed by atoms with Crippen LogP contribution < -0.4 is 4.90 Å². The van der Waals surface area contributed by atoms with Gasteiger partial charge in [-0.1, -0.05) is 140 Å². The number of aromatic nitrogens is 1. The van der Waals surface area contributed by atoms with Gasteiger partial charge in [0.1, 0.15) is 5.58 Å². The molecular weight excluding hydrogens is 645 g/mol. The Morgan fingerprint density at radius 1 is 0.396 bits per heavy atom. The van der Waals surface area contributed by atoms with E-state index in [1.165, 1.54) is 49.0 Å². The van der Waals surface area contributed by atoms with E-state index in [9.17, 15) is 0 Å². The van der Waals surface area contributed by atoms with Crippen LogP contribution in [0, 0.1) is 0 Å². The number of hydrogen-bond acceptors (Lipinski definition) is 2. The standard InChI is InChI=1S/C50H32N2O/c1-3-14-33(15-4-1)34-26-28-37(29-27-34)52(46-32-35-16-7-8-19-38(35)39-20-9-10-21-40(39)46)45-25-13-23-42-49-47(53-50(42)45)31-30-44-48(49)41-22-11-12-24-43(41)51(44)36-17-5-2-6-18-36/h1-32H. The van der Waals surface area contributed by atoms with Crippen LogP contribution in [0.2, 0.25) is 0 Å². The molecule has 0 amide bonds. The second-order valence-corrected chi connectivity index (χ2v) is 13.7. The molecule has 3 heteroatoms. The van der Waals surface area contributed by atoms with Crippen LogP contribution in [-0.4, -0.2) is 4.57 Å². The number of para-hydroxylation sites is 3. The van der Waals surface area contributed by atoms with Gasteiger partial charge in [-0.25, -0.2) is 0 Å². The zero-order chi connectivity index (χ0) is 34.9. The molecule has 0 bridgehead atoms. The molecule has 248 valence electrons. The molecule has 0 spiro atoms. The van der Waals surface area contributed by atoms with Gasteiger partial charge in [0, 0.05) is 38.3 Å². The Labute approximate surface area is 306 Å². The van der Waals surface area contributed by atoms with Gasteiger partial charge in [-0.3, -0.25) is 0 Å². The number of anilines is 3. The predicted octanol–water partition coefficient (Wildman–Crippen LogP) is 14.1. The van der Waals surface area contributed by atoms with Crippen molar-refractivity contribution in [2.24, 2.45) is 0 Å². The van der Waals surface area contributed by atoms with Crippen LogP contribution in [0.1, 0.15) is 0 Å². The Hall–Kier alpha value is -7.10. The third kappa shape index (κ3) is 4.54. The maximum Gasteiger partial charge on any atom is 0.159 e. The maximum atomic E-state index is 7.02. The summed E-state index contributed by atoms with van der Waals surface area (Å²) in [5.74, 6) is 0. The van der Waals surface area contributed by atoms with E-state index in [1.54, 1.807) is 0 Å². The number of furan rings is 1. The first-order chi connectivity index (χ1) is 26.3. The molecule has 3 nitrogen and oxygen atoms in total. The Bertz CT molecular complexity index is 3160. The van der Waals surface area contributed by atoms with Crippen LogP contribution >= 0.6 is 0 Å². The summed E-state index contributed by atoms with van der Waals surface area (Å²) in [5.41, 5.74) is 10.7. The van der Waals surface area contributed by atoms with Gasteiger partial charge in [0.2, 0.25) is 0 Å². The summed E-state index contributed by atoms with van der Waals surface area (Å²) in [4.78, 5) is 2.39. The average molecular weight is 677 g/mol. The van der Waals surface area contributed by atoms with Gasteiger partial charge in [-0.15, -0.1) is 0 Å². The topological polar surface area (TPSA) is 21.3 Å². The summed E-state index contributed by atoms with van der Waals surface area (Å²) in [6, 6.07) is 69.5. The molecule has 0 fully saturated rings. The normalized spacial score (nSPS) is 11.8. The lowest BCUT2D eigenvalue weighted by molar-refractivity contribution is 0.669. The number of hydrogen-bond donors (Lipinski definition) is 0. The third-order valence-corrected chi connectivity index (χ3v) is 10.8. The molecule has 0 atom stereocenters. The van der Waals surface area contributed by atoms with Crippen molar-refractivity contribution in [3.05, 3.63) is 194 Å². The zero-order valence-corrected chi connectivity index (χ0v) is 28.8. The van der Waals surface area contributed by atoms with Crippen LogP contribution in [0.4, 0.5) is 17.1 Å². The van der Waals surface area contributed by atoms with E-state index < -0.39 is 0 Å². The molecule has 53 heavy (non-hydrogen) atoms. The van der Waals surface area contributed by atoms with Crippen molar-refractivity contribution in [2.75, 3.05) is 4.90 Å². The molecule has 0 aliphatic rings. The minimum atomic E-state index is 0.857. The zero-order valence-electron chi connectivity index (χ0n) is 28.8. The predicted molar refractivity (Wildman–Crippen MR) is 223 cm³/mol. The Balaban J connectivity index is 1.22. The molecule has 2 heterocycles. The fraction of sp³-hybridized carbons (Fsp3) is 0. The molecule has 11 aromatic rings. The van der Waals surface area contributed by atoms with Gasteiger partial charge in [-0.05, 0) is 81.9 Å². The largest absolute Gasteiger partial charge is 0.454 e. The quantitative estimate of drug-likeness (QED) is 0.169. The van der Waals surface area contributed by atoms with Crippen molar-refractivity contribution in [1.29, 1.82) is 0 Å². The molecule has 0 unspecified atom stereocenters. The van der Waals surface area contributed by atoms with Crippen LogP contribution in [0.15, 0.2) is 199 Å². The molecule has 11 rings (SSSR count). The minimum Gasteiger partial charge on any atom is -0.454 e. The van der Waals surface area contributed by atoms with Crippen molar-refractivity contribution < 1.29 is 4.42 Å². The van der Waals surface area contributed by atoms with Crippen LogP contribution in [-0.2, 0) is 0 Å². The Kier molecular flexibility index (Phi) is 6.55. The summed E-state index contributed by atoms with van der Waals surface area (Å²) < 4.78 is 9.39. The molecule has 0 saturated carbocycles. The van der Waals surface area contributed by atoms with E-state index in [2.05, 4.69) is 204 Å². The first-order valence-corrected chi connectivity index (χ1v) is 18.1. The fourth-order valence-corrected chi connectivity index (χ4v) is 8.43. The molecule has 0 saturated heterocycles. The minimum absolute atomic E-state index is 0.857. The van der Waals surface area contributed by atoms with Gasteiger partial charge in [-0.2, -0.15) is 0 Å². The van der Waals surface area contributed by atoms with Gasteiger partial charge in [0.25, 0.3) is 0 Å². The number of fused-ring (bicyclic) bond motifs is 10. The maximum absolute atomic E-state index is 7.02. The van der Waals surface area contributed by atoms with Crippen molar-refractivity contribution in [2.45, 2.75) is 0 Å². The lowest BCUT2D eigenvalue weighted by Crippen LogP contribution is -2.11. The van der Waals surface area contributed by atoms with E-state index in [4.69, 9.17) is 4.42 Å². The van der Waals surface area contributed by atoms with Gasteiger partial charge < -0.3 is 13.9 Å². The van der Waals surface area contributed by atoms with Crippen molar-refractivity contribution in [3.63, 3.8) is 0 Å². The molecule has 0 aliphatic carbocycles. The third-order valence-electron chi connectivity index (χ3n) is 10.8. The fourth-order valence-electron chi connectivity index (χ4n) is 8.43.